The average molecular weight is 224 g/mol. The summed E-state index contributed by atoms with van der Waals surface area (Å²) in [5.74, 6) is 0. The van der Waals surface area contributed by atoms with Gasteiger partial charge in [-0.2, -0.15) is 13.2 Å². The lowest BCUT2D eigenvalue weighted by atomic mass is 10.2. The Balaban J connectivity index is 0.000000500. The largest absolute Gasteiger partial charge is 0.416 e. The van der Waals surface area contributed by atoms with Gasteiger partial charge >= 0.3 is 6.18 Å². The maximum atomic E-state index is 11.9. The van der Waals surface area contributed by atoms with Gasteiger partial charge in [0.15, 0.2) is 0 Å². The second-order valence-corrected chi connectivity index (χ2v) is 2.88. The molecule has 0 amide bonds. The summed E-state index contributed by atoms with van der Waals surface area (Å²) in [4.78, 5) is 0.526. The fourth-order valence-corrected chi connectivity index (χ4v) is 0.799. The molecule has 1 N–H and O–H groups in total. The Kier molecular flexibility index (Phi) is 5.64. The van der Waals surface area contributed by atoms with E-state index < -0.39 is 11.7 Å². The molecule has 0 bridgehead atoms. The number of aliphatic hydroxyl groups is 1. The number of alkyl halides is 3. The van der Waals surface area contributed by atoms with Crippen LogP contribution in [-0.2, 0) is 6.18 Å². The zero-order valence-electron chi connectivity index (χ0n) is 7.54. The standard InChI is InChI=1S/C7H5F3S.C2H6O/c8-7(9,10)5-1-3-6(11)4-2-5;1-2-3/h1-4,11H;3H,2H2,1H3. The first-order chi connectivity index (χ1) is 6.41. The molecule has 0 fully saturated rings. The van der Waals surface area contributed by atoms with Crippen molar-refractivity contribution in [3.8, 4) is 0 Å². The van der Waals surface area contributed by atoms with Crippen molar-refractivity contribution in [3.05, 3.63) is 29.8 Å². The summed E-state index contributed by atoms with van der Waals surface area (Å²) in [6.07, 6.45) is -4.25. The van der Waals surface area contributed by atoms with Gasteiger partial charge in [-0.3, -0.25) is 0 Å². The second kappa shape index (κ2) is 5.93. The summed E-state index contributed by atoms with van der Waals surface area (Å²) in [5, 5.41) is 7.57. The summed E-state index contributed by atoms with van der Waals surface area (Å²) < 4.78 is 35.7. The Morgan fingerprint density at radius 3 is 1.86 bits per heavy atom. The smallest absolute Gasteiger partial charge is 0.397 e. The van der Waals surface area contributed by atoms with Gasteiger partial charge in [0, 0.05) is 11.5 Å². The van der Waals surface area contributed by atoms with E-state index in [1.54, 1.807) is 6.92 Å². The van der Waals surface area contributed by atoms with Crippen LogP contribution < -0.4 is 0 Å². The third kappa shape index (κ3) is 5.14. The molecule has 0 aromatic heterocycles. The predicted molar refractivity (Wildman–Crippen MR) is 51.5 cm³/mol. The Morgan fingerprint density at radius 1 is 1.21 bits per heavy atom. The highest BCUT2D eigenvalue weighted by Gasteiger charge is 2.29. The Bertz CT molecular complexity index is 256. The molecular weight excluding hydrogens is 213 g/mol. The van der Waals surface area contributed by atoms with Gasteiger partial charge in [-0.05, 0) is 31.2 Å². The van der Waals surface area contributed by atoms with E-state index in [4.69, 9.17) is 5.11 Å². The van der Waals surface area contributed by atoms with Crippen LogP contribution in [0.2, 0.25) is 0 Å². The molecule has 1 rings (SSSR count). The van der Waals surface area contributed by atoms with Crippen LogP contribution in [0, 0.1) is 0 Å². The number of hydrogen-bond acceptors (Lipinski definition) is 2. The van der Waals surface area contributed by atoms with Crippen molar-refractivity contribution in [3.63, 3.8) is 0 Å². The molecule has 0 aliphatic carbocycles. The molecular formula is C9H11F3OS. The fraction of sp³-hybridized carbons (Fsp3) is 0.333. The zero-order chi connectivity index (χ0) is 11.2. The van der Waals surface area contributed by atoms with Crippen molar-refractivity contribution >= 4 is 12.6 Å². The molecule has 0 aliphatic heterocycles. The molecule has 0 heterocycles. The molecule has 0 radical (unpaired) electrons. The van der Waals surface area contributed by atoms with Crippen molar-refractivity contribution in [2.45, 2.75) is 18.0 Å². The maximum Gasteiger partial charge on any atom is 0.416 e. The Morgan fingerprint density at radius 2 is 1.57 bits per heavy atom. The van der Waals surface area contributed by atoms with Crippen LogP contribution in [0.5, 0.6) is 0 Å². The molecule has 80 valence electrons. The van der Waals surface area contributed by atoms with Crippen LogP contribution in [0.3, 0.4) is 0 Å². The Labute approximate surface area is 86.0 Å². The van der Waals surface area contributed by atoms with Gasteiger partial charge in [-0.1, -0.05) is 0 Å². The monoisotopic (exact) mass is 224 g/mol. The SMILES string of the molecule is CCO.FC(F)(F)c1ccc(S)cc1. The van der Waals surface area contributed by atoms with E-state index in [1.165, 1.54) is 12.1 Å². The fourth-order valence-electron chi connectivity index (χ4n) is 0.650. The van der Waals surface area contributed by atoms with Gasteiger partial charge in [0.1, 0.15) is 0 Å². The average Bonchev–Trinajstić information content (AvgIpc) is 2.04. The predicted octanol–water partition coefficient (Wildman–Crippen LogP) is 2.99. The Hall–Kier alpha value is -0.680. The topological polar surface area (TPSA) is 20.2 Å². The van der Waals surface area contributed by atoms with E-state index in [2.05, 4.69) is 12.6 Å². The van der Waals surface area contributed by atoms with Gasteiger partial charge in [0.05, 0.1) is 5.56 Å². The lowest BCUT2D eigenvalue weighted by Gasteiger charge is -2.05. The number of aliphatic hydroxyl groups excluding tert-OH is 1. The van der Waals surface area contributed by atoms with Crippen LogP contribution >= 0.6 is 12.6 Å². The minimum absolute atomic E-state index is 0.250. The van der Waals surface area contributed by atoms with E-state index in [1.807, 2.05) is 0 Å². The molecule has 0 saturated carbocycles. The molecule has 14 heavy (non-hydrogen) atoms. The van der Waals surface area contributed by atoms with E-state index in [0.717, 1.165) is 12.1 Å². The number of rotatable bonds is 0. The van der Waals surface area contributed by atoms with E-state index in [-0.39, 0.29) is 6.61 Å². The van der Waals surface area contributed by atoms with Crippen LogP contribution in [0.1, 0.15) is 12.5 Å². The van der Waals surface area contributed by atoms with Crippen LogP contribution in [-0.4, -0.2) is 11.7 Å². The summed E-state index contributed by atoms with van der Waals surface area (Å²) in [6, 6.07) is 4.63. The lowest BCUT2D eigenvalue weighted by Crippen LogP contribution is -2.03. The van der Waals surface area contributed by atoms with Crippen molar-refractivity contribution < 1.29 is 18.3 Å². The van der Waals surface area contributed by atoms with Crippen molar-refractivity contribution in [2.75, 3.05) is 6.61 Å². The second-order valence-electron chi connectivity index (χ2n) is 2.36. The third-order valence-electron chi connectivity index (χ3n) is 1.19. The number of benzene rings is 1. The summed E-state index contributed by atoms with van der Waals surface area (Å²) in [6.45, 7) is 1.93. The van der Waals surface area contributed by atoms with Gasteiger partial charge in [-0.15, -0.1) is 12.6 Å². The molecule has 1 aromatic rings. The normalized spacial score (nSPS) is 10.4. The van der Waals surface area contributed by atoms with E-state index >= 15 is 0 Å². The highest BCUT2D eigenvalue weighted by atomic mass is 32.1. The minimum Gasteiger partial charge on any atom is -0.397 e. The molecule has 1 nitrogen and oxygen atoms in total. The highest BCUT2D eigenvalue weighted by Crippen LogP contribution is 2.29. The maximum absolute atomic E-state index is 11.9. The minimum atomic E-state index is -4.25. The number of hydrogen-bond donors (Lipinski definition) is 2. The zero-order valence-corrected chi connectivity index (χ0v) is 8.44. The van der Waals surface area contributed by atoms with Crippen molar-refractivity contribution in [1.82, 2.24) is 0 Å². The third-order valence-corrected chi connectivity index (χ3v) is 1.49. The van der Waals surface area contributed by atoms with Gasteiger partial charge in [0.25, 0.3) is 0 Å². The quantitative estimate of drug-likeness (QED) is 0.649. The molecule has 0 atom stereocenters. The first kappa shape index (κ1) is 13.3. The van der Waals surface area contributed by atoms with Crippen LogP contribution in [0.25, 0.3) is 0 Å². The summed E-state index contributed by atoms with van der Waals surface area (Å²) in [7, 11) is 0. The summed E-state index contributed by atoms with van der Waals surface area (Å²) >= 11 is 3.86. The van der Waals surface area contributed by atoms with Gasteiger partial charge < -0.3 is 5.11 Å². The van der Waals surface area contributed by atoms with Crippen molar-refractivity contribution in [2.24, 2.45) is 0 Å². The number of thiol groups is 1. The van der Waals surface area contributed by atoms with E-state index in [0.29, 0.717) is 4.90 Å². The van der Waals surface area contributed by atoms with E-state index in [9.17, 15) is 13.2 Å². The lowest BCUT2D eigenvalue weighted by molar-refractivity contribution is -0.137. The van der Waals surface area contributed by atoms with Crippen LogP contribution in [0.15, 0.2) is 29.2 Å². The van der Waals surface area contributed by atoms with Crippen LogP contribution in [0.4, 0.5) is 13.2 Å². The number of halogens is 3. The molecule has 1 aromatic carbocycles. The first-order valence-electron chi connectivity index (χ1n) is 3.89. The first-order valence-corrected chi connectivity index (χ1v) is 4.33. The van der Waals surface area contributed by atoms with Crippen molar-refractivity contribution in [1.29, 1.82) is 0 Å². The molecule has 0 unspecified atom stereocenters. The molecule has 5 heteroatoms. The molecule has 0 aliphatic rings. The molecule has 0 spiro atoms. The van der Waals surface area contributed by atoms with Gasteiger partial charge in [-0.25, -0.2) is 0 Å². The highest BCUT2D eigenvalue weighted by molar-refractivity contribution is 7.80. The summed E-state index contributed by atoms with van der Waals surface area (Å²) in [5.41, 5.74) is -0.643. The van der Waals surface area contributed by atoms with Gasteiger partial charge in [0.2, 0.25) is 0 Å². The molecule has 0 saturated heterocycles.